The summed E-state index contributed by atoms with van der Waals surface area (Å²) in [6, 6.07) is 83.7. The van der Waals surface area contributed by atoms with Crippen LogP contribution in [0.4, 0.5) is 11.4 Å². The molecule has 0 radical (unpaired) electrons. The van der Waals surface area contributed by atoms with E-state index in [9.17, 15) is 0 Å². The molecule has 0 bridgehead atoms. The van der Waals surface area contributed by atoms with Gasteiger partial charge in [-0.25, -0.2) is 9.98 Å². The van der Waals surface area contributed by atoms with Gasteiger partial charge in [0.15, 0.2) is 0 Å². The monoisotopic (exact) mass is 1730 g/mol. The second-order valence-electron chi connectivity index (χ2n) is 31.9. The Hall–Kier alpha value is -9.18. The minimum Gasteiger partial charge on any atom is -0.382 e. The van der Waals surface area contributed by atoms with Gasteiger partial charge in [-0.05, 0) is 176 Å². The van der Waals surface area contributed by atoms with Gasteiger partial charge in [-0.3, -0.25) is 0 Å². The molecule has 0 aliphatic heterocycles. The summed E-state index contributed by atoms with van der Waals surface area (Å²) in [6.45, 7) is 13.8. The van der Waals surface area contributed by atoms with Crippen molar-refractivity contribution in [2.75, 3.05) is 241 Å². The lowest BCUT2D eigenvalue weighted by atomic mass is 9.71. The lowest BCUT2D eigenvalue weighted by Crippen LogP contribution is -2.30. The fourth-order valence-electron chi connectivity index (χ4n) is 17.8. The Bertz CT molecular complexity index is 4580. The van der Waals surface area contributed by atoms with Gasteiger partial charge >= 0.3 is 0 Å². The van der Waals surface area contributed by atoms with E-state index in [0.29, 0.717) is 237 Å². The third-order valence-corrected chi connectivity index (χ3v) is 24.2. The number of methoxy groups -OCH3 is 6. The van der Waals surface area contributed by atoms with Crippen molar-refractivity contribution in [3.8, 4) is 55.6 Å². The molecule has 0 fully saturated rings. The number of fused-ring (bicyclic) bond motifs is 9. The highest BCUT2D eigenvalue weighted by Gasteiger charge is 2.47. The van der Waals surface area contributed by atoms with Crippen molar-refractivity contribution in [3.05, 3.63) is 286 Å². The number of benzene rings is 10. The van der Waals surface area contributed by atoms with Crippen molar-refractivity contribution in [3.63, 3.8) is 0 Å². The second-order valence-corrected chi connectivity index (χ2v) is 31.9. The topological polar surface area (TPSA) is 191 Å². The van der Waals surface area contributed by atoms with Crippen LogP contribution in [0.25, 0.3) is 55.6 Å². The standard InChI is InChI=1S/C107H128N2O18/c1-110-51-57-122-69-63-116-45-39-105(40-46-117-64-70-123-58-52-111-2)97-75-85(87-29-35-93-95-37-31-89(108-103(81-19-11-7-12-20-81)82-21-13-8-14-22-82)79-101(95)106(99(93)77-87,41-47-118-65-71-124-59-53-112-3)42-48-119-66-72-125-60-54-113-4)27-33-91(97)92-34-28-86(76-98(92)105)88-30-36-94-96-38-32-90(109-104(83-23-15-9-16-24-83)84-25-17-10-18-26-84)80-102(96)107(100(94)78-88,43-49-120-67-73-126-61-55-114-5)44-50-121-68-74-127-62-56-115-6/h7-38,75-80H,39-74H2,1-6H3. The van der Waals surface area contributed by atoms with E-state index in [1.54, 1.807) is 42.7 Å². The summed E-state index contributed by atoms with van der Waals surface area (Å²) in [5.74, 6) is 0. The normalized spacial score (nSPS) is 13.4. The van der Waals surface area contributed by atoms with Gasteiger partial charge in [0.25, 0.3) is 0 Å². The van der Waals surface area contributed by atoms with Gasteiger partial charge in [-0.15, -0.1) is 0 Å². The van der Waals surface area contributed by atoms with Crippen LogP contribution in [-0.2, 0) is 102 Å². The van der Waals surface area contributed by atoms with Gasteiger partial charge in [-0.2, -0.15) is 0 Å². The van der Waals surface area contributed by atoms with Crippen LogP contribution in [0.2, 0.25) is 0 Å². The smallest absolute Gasteiger partial charge is 0.0781 e. The van der Waals surface area contributed by atoms with E-state index in [4.69, 9.17) is 95.2 Å². The zero-order valence-electron chi connectivity index (χ0n) is 75.1. The molecule has 127 heavy (non-hydrogen) atoms. The summed E-state index contributed by atoms with van der Waals surface area (Å²) in [4.78, 5) is 11.2. The molecule has 0 atom stereocenters. The first-order valence-corrected chi connectivity index (χ1v) is 44.9. The van der Waals surface area contributed by atoms with Crippen LogP contribution in [-0.4, -0.2) is 252 Å². The highest BCUT2D eigenvalue weighted by Crippen LogP contribution is 2.59. The maximum atomic E-state index is 6.73. The summed E-state index contributed by atoms with van der Waals surface area (Å²) in [7, 11) is 10.1. The largest absolute Gasteiger partial charge is 0.382 e. The van der Waals surface area contributed by atoms with Crippen LogP contribution in [0.5, 0.6) is 0 Å². The first kappa shape index (κ1) is 95.4. The van der Waals surface area contributed by atoms with E-state index >= 15 is 0 Å². The van der Waals surface area contributed by atoms with Gasteiger partial charge in [0.2, 0.25) is 0 Å². The van der Waals surface area contributed by atoms with Crippen molar-refractivity contribution < 1.29 is 85.3 Å². The molecule has 0 amide bonds. The minimum absolute atomic E-state index is 0.415. The Labute approximate surface area is 751 Å². The van der Waals surface area contributed by atoms with Gasteiger partial charge in [0.1, 0.15) is 0 Å². The Kier molecular flexibility index (Phi) is 38.5. The molecule has 0 N–H and O–H groups in total. The van der Waals surface area contributed by atoms with Gasteiger partial charge in [-0.1, -0.05) is 182 Å². The summed E-state index contributed by atoms with van der Waals surface area (Å²) in [5, 5.41) is 0. The number of nitrogens with zero attached hydrogens (tertiary/aromatic N) is 2. The van der Waals surface area contributed by atoms with Crippen molar-refractivity contribution in [2.24, 2.45) is 9.98 Å². The number of rotatable bonds is 62. The lowest BCUT2D eigenvalue weighted by molar-refractivity contribution is 0.0145. The van der Waals surface area contributed by atoms with Crippen LogP contribution >= 0.6 is 0 Å². The molecule has 3 aliphatic rings. The predicted octanol–water partition coefficient (Wildman–Crippen LogP) is 18.6. The van der Waals surface area contributed by atoms with Crippen LogP contribution < -0.4 is 0 Å². The SMILES string of the molecule is COCCOCCOCCC1(CCOCCOCCOC)c2cc(N=C(c3ccccc3)c3ccccc3)ccc2-c2ccc(-c3ccc4c(c3)C(CCOCCOCCOC)(CCOCCOCCOC)c3cc(-c5ccc6c(c5)C(CCOCCOCCOC)(CCOCCOCCOC)c5cc(N=C(c7ccccc7)c7ccccc7)ccc5-6)ccc3-4)cc21. The fraction of sp³-hybridized carbons (Fsp3) is 0.421. The molecule has 674 valence electrons. The third kappa shape index (κ3) is 25.3. The molecule has 0 unspecified atom stereocenters. The van der Waals surface area contributed by atoms with Crippen LogP contribution in [0.1, 0.15) is 94.2 Å². The zero-order chi connectivity index (χ0) is 87.8. The van der Waals surface area contributed by atoms with Crippen molar-refractivity contribution in [1.29, 1.82) is 0 Å². The highest BCUT2D eigenvalue weighted by atomic mass is 16.6. The van der Waals surface area contributed by atoms with Gasteiger partial charge in [0, 0.05) is 121 Å². The Morgan fingerprint density at radius 1 is 0.189 bits per heavy atom. The van der Waals surface area contributed by atoms with E-state index in [0.717, 1.165) is 89.6 Å². The molecule has 0 aromatic heterocycles. The van der Waals surface area contributed by atoms with E-state index in [1.165, 1.54) is 44.5 Å². The van der Waals surface area contributed by atoms with E-state index in [1.807, 2.05) is 24.3 Å². The summed E-state index contributed by atoms with van der Waals surface area (Å²) in [6.07, 6.45) is 3.89. The first-order chi connectivity index (χ1) is 62.8. The van der Waals surface area contributed by atoms with Gasteiger partial charge < -0.3 is 85.3 Å². The van der Waals surface area contributed by atoms with Crippen molar-refractivity contribution in [2.45, 2.75) is 54.8 Å². The number of aliphatic imine (C=N–C) groups is 2. The number of hydrogen-bond donors (Lipinski definition) is 0. The summed E-state index contributed by atoms with van der Waals surface area (Å²) in [5.41, 5.74) is 24.3. The Balaban J connectivity index is 0.930. The van der Waals surface area contributed by atoms with E-state index in [2.05, 4.69) is 206 Å². The van der Waals surface area contributed by atoms with E-state index < -0.39 is 16.2 Å². The molecule has 3 aliphatic carbocycles. The number of ether oxygens (including phenoxy) is 18. The molecule has 20 heteroatoms. The van der Waals surface area contributed by atoms with Crippen LogP contribution in [0.3, 0.4) is 0 Å². The molecule has 20 nitrogen and oxygen atoms in total. The maximum Gasteiger partial charge on any atom is 0.0781 e. The second kappa shape index (κ2) is 51.3. The Morgan fingerprint density at radius 2 is 0.362 bits per heavy atom. The van der Waals surface area contributed by atoms with E-state index in [-0.39, 0.29) is 0 Å². The predicted molar refractivity (Wildman–Crippen MR) is 501 cm³/mol. The number of hydrogen-bond acceptors (Lipinski definition) is 20. The van der Waals surface area contributed by atoms with Crippen molar-refractivity contribution >= 4 is 22.8 Å². The molecule has 0 saturated heterocycles. The molecular weight excluding hydrogens is 1600 g/mol. The van der Waals surface area contributed by atoms with Crippen LogP contribution in [0, 0.1) is 0 Å². The fourth-order valence-corrected chi connectivity index (χ4v) is 17.8. The molecule has 13 rings (SSSR count). The average Bonchev–Trinajstić information content (AvgIpc) is 1.53. The Morgan fingerprint density at radius 3 is 0.559 bits per heavy atom. The maximum absolute atomic E-state index is 6.73. The molecule has 10 aromatic carbocycles. The van der Waals surface area contributed by atoms with Crippen molar-refractivity contribution in [1.82, 2.24) is 0 Å². The van der Waals surface area contributed by atoms with Crippen LogP contribution in [0.15, 0.2) is 241 Å². The highest BCUT2D eigenvalue weighted by molar-refractivity contribution is 6.15. The summed E-state index contributed by atoms with van der Waals surface area (Å²) < 4.78 is 108. The zero-order valence-corrected chi connectivity index (χ0v) is 75.1. The quantitative estimate of drug-likeness (QED) is 0.0258. The molecular formula is C107H128N2O18. The molecule has 0 spiro atoms. The molecule has 0 heterocycles. The lowest BCUT2D eigenvalue weighted by Gasteiger charge is -2.34. The minimum atomic E-state index is -0.632. The summed E-state index contributed by atoms with van der Waals surface area (Å²) >= 11 is 0. The first-order valence-electron chi connectivity index (χ1n) is 44.9. The molecule has 0 saturated carbocycles. The van der Waals surface area contributed by atoms with Gasteiger partial charge in [0.05, 0.1) is 181 Å². The third-order valence-electron chi connectivity index (χ3n) is 24.2. The molecule has 10 aromatic rings. The average molecular weight is 1730 g/mol.